The molecular formula is C14H26N4O7. The average molecular weight is 362 g/mol. The van der Waals surface area contributed by atoms with Crippen molar-refractivity contribution in [1.82, 2.24) is 10.6 Å². The number of nitrogens with one attached hydrogen (secondary N) is 2. The Hall–Kier alpha value is -2.24. The SMILES string of the molecule is NCCCCC(NC(=O)C(CCC(=O)O)NC(=O)C(N)CO)C(=O)O. The first-order valence-electron chi connectivity index (χ1n) is 7.84. The molecule has 3 unspecified atom stereocenters. The van der Waals surface area contributed by atoms with Gasteiger partial charge in [0, 0.05) is 6.42 Å². The normalized spacial score (nSPS) is 14.2. The van der Waals surface area contributed by atoms with Gasteiger partial charge in [0.25, 0.3) is 0 Å². The zero-order chi connectivity index (χ0) is 19.4. The van der Waals surface area contributed by atoms with Crippen molar-refractivity contribution in [3.05, 3.63) is 0 Å². The van der Waals surface area contributed by atoms with E-state index in [1.54, 1.807) is 0 Å². The van der Waals surface area contributed by atoms with E-state index in [1.807, 2.05) is 0 Å². The Morgan fingerprint density at radius 2 is 1.52 bits per heavy atom. The summed E-state index contributed by atoms with van der Waals surface area (Å²) in [4.78, 5) is 45.9. The van der Waals surface area contributed by atoms with Crippen molar-refractivity contribution >= 4 is 23.8 Å². The number of unbranched alkanes of at least 4 members (excludes halogenated alkanes) is 1. The van der Waals surface area contributed by atoms with Gasteiger partial charge in [0.05, 0.1) is 6.61 Å². The fourth-order valence-electron chi connectivity index (χ4n) is 1.92. The molecule has 25 heavy (non-hydrogen) atoms. The van der Waals surface area contributed by atoms with Crippen molar-refractivity contribution in [1.29, 1.82) is 0 Å². The molecule has 3 atom stereocenters. The van der Waals surface area contributed by atoms with Gasteiger partial charge in [0.15, 0.2) is 0 Å². The molecule has 0 saturated heterocycles. The molecular weight excluding hydrogens is 336 g/mol. The summed E-state index contributed by atoms with van der Waals surface area (Å²) in [5.41, 5.74) is 10.7. The third-order valence-electron chi connectivity index (χ3n) is 3.37. The van der Waals surface area contributed by atoms with E-state index in [2.05, 4.69) is 10.6 Å². The summed E-state index contributed by atoms with van der Waals surface area (Å²) in [6, 6.07) is -3.74. The molecule has 0 bridgehead atoms. The third-order valence-corrected chi connectivity index (χ3v) is 3.37. The van der Waals surface area contributed by atoms with Crippen LogP contribution in [0.3, 0.4) is 0 Å². The highest BCUT2D eigenvalue weighted by Crippen LogP contribution is 2.04. The fourth-order valence-corrected chi connectivity index (χ4v) is 1.92. The van der Waals surface area contributed by atoms with Crippen LogP contribution in [0.25, 0.3) is 0 Å². The van der Waals surface area contributed by atoms with E-state index in [1.165, 1.54) is 0 Å². The summed E-state index contributed by atoms with van der Waals surface area (Å²) in [6.07, 6.45) is 0.547. The third kappa shape index (κ3) is 9.59. The second-order valence-corrected chi connectivity index (χ2v) is 5.47. The monoisotopic (exact) mass is 362 g/mol. The maximum Gasteiger partial charge on any atom is 0.326 e. The predicted octanol–water partition coefficient (Wildman–Crippen LogP) is -2.65. The Balaban J connectivity index is 4.94. The molecule has 0 aliphatic carbocycles. The van der Waals surface area contributed by atoms with Gasteiger partial charge in [-0.15, -0.1) is 0 Å². The number of hydrogen-bond donors (Lipinski definition) is 7. The van der Waals surface area contributed by atoms with Gasteiger partial charge < -0.3 is 37.4 Å². The van der Waals surface area contributed by atoms with Crippen LogP contribution in [0.2, 0.25) is 0 Å². The number of nitrogens with two attached hydrogens (primary N) is 2. The molecule has 0 radical (unpaired) electrons. The zero-order valence-electron chi connectivity index (χ0n) is 13.8. The van der Waals surface area contributed by atoms with Crippen molar-refractivity contribution in [2.24, 2.45) is 11.5 Å². The quantitative estimate of drug-likeness (QED) is 0.171. The maximum atomic E-state index is 12.2. The van der Waals surface area contributed by atoms with Crippen molar-refractivity contribution in [3.63, 3.8) is 0 Å². The average Bonchev–Trinajstić information content (AvgIpc) is 2.56. The molecule has 0 rings (SSSR count). The summed E-state index contributed by atoms with van der Waals surface area (Å²) in [6.45, 7) is -0.271. The second kappa shape index (κ2) is 12.2. The summed E-state index contributed by atoms with van der Waals surface area (Å²) < 4.78 is 0. The number of carbonyl (C=O) groups is 4. The van der Waals surface area contributed by atoms with Crippen LogP contribution >= 0.6 is 0 Å². The lowest BCUT2D eigenvalue weighted by Gasteiger charge is -2.22. The number of carboxylic acid groups (broad SMARTS) is 2. The molecule has 0 aromatic heterocycles. The standard InChI is InChI=1S/C14H26N4O7/c15-6-2-1-3-10(14(24)25)18-13(23)9(4-5-11(20)21)17-12(22)8(16)7-19/h8-10,19H,1-7,15-16H2,(H,17,22)(H,18,23)(H,20,21)(H,24,25). The van der Waals surface area contributed by atoms with Gasteiger partial charge in [0.1, 0.15) is 18.1 Å². The number of carboxylic acids is 2. The molecule has 144 valence electrons. The molecule has 0 aromatic carbocycles. The lowest BCUT2D eigenvalue weighted by atomic mass is 10.1. The van der Waals surface area contributed by atoms with Gasteiger partial charge in [0.2, 0.25) is 11.8 Å². The highest BCUT2D eigenvalue weighted by atomic mass is 16.4. The topological polar surface area (TPSA) is 205 Å². The largest absolute Gasteiger partial charge is 0.481 e. The van der Waals surface area contributed by atoms with Gasteiger partial charge in [-0.3, -0.25) is 14.4 Å². The van der Waals surface area contributed by atoms with E-state index in [0.29, 0.717) is 19.4 Å². The van der Waals surface area contributed by atoms with Crippen LogP contribution < -0.4 is 22.1 Å². The Morgan fingerprint density at radius 1 is 0.920 bits per heavy atom. The molecule has 2 amide bonds. The molecule has 0 fully saturated rings. The highest BCUT2D eigenvalue weighted by Gasteiger charge is 2.28. The molecule has 0 aromatic rings. The van der Waals surface area contributed by atoms with E-state index in [4.69, 9.17) is 26.8 Å². The minimum atomic E-state index is -1.28. The Bertz CT molecular complexity index is 472. The van der Waals surface area contributed by atoms with Gasteiger partial charge in [-0.2, -0.15) is 0 Å². The van der Waals surface area contributed by atoms with E-state index in [-0.39, 0.29) is 12.8 Å². The minimum Gasteiger partial charge on any atom is -0.481 e. The van der Waals surface area contributed by atoms with Crippen molar-refractivity contribution < 1.29 is 34.5 Å². The number of aliphatic carboxylic acids is 2. The second-order valence-electron chi connectivity index (χ2n) is 5.47. The molecule has 0 aliphatic heterocycles. The van der Waals surface area contributed by atoms with Crippen LogP contribution in [0.5, 0.6) is 0 Å². The van der Waals surface area contributed by atoms with Crippen molar-refractivity contribution in [3.8, 4) is 0 Å². The first-order chi connectivity index (χ1) is 11.7. The molecule has 0 saturated carbocycles. The van der Waals surface area contributed by atoms with Crippen LogP contribution in [-0.2, 0) is 19.2 Å². The van der Waals surface area contributed by atoms with E-state index < -0.39 is 54.9 Å². The van der Waals surface area contributed by atoms with Crippen LogP contribution in [0.1, 0.15) is 32.1 Å². The molecule has 9 N–H and O–H groups in total. The minimum absolute atomic E-state index is 0.147. The Morgan fingerprint density at radius 3 is 2.00 bits per heavy atom. The molecule has 0 aliphatic rings. The number of aliphatic hydroxyl groups is 1. The molecule has 0 heterocycles. The maximum absolute atomic E-state index is 12.2. The van der Waals surface area contributed by atoms with Crippen LogP contribution in [0.4, 0.5) is 0 Å². The molecule has 11 heteroatoms. The first-order valence-corrected chi connectivity index (χ1v) is 7.84. The van der Waals surface area contributed by atoms with Gasteiger partial charge in [-0.1, -0.05) is 0 Å². The first kappa shape index (κ1) is 22.8. The van der Waals surface area contributed by atoms with Crippen molar-refractivity contribution in [2.45, 2.75) is 50.2 Å². The van der Waals surface area contributed by atoms with Gasteiger partial charge >= 0.3 is 11.9 Å². The number of carbonyl (C=O) groups excluding carboxylic acids is 2. The summed E-state index contributed by atoms with van der Waals surface area (Å²) in [5.74, 6) is -4.11. The molecule has 0 spiro atoms. The predicted molar refractivity (Wildman–Crippen MR) is 86.3 cm³/mol. The van der Waals surface area contributed by atoms with Crippen LogP contribution in [0, 0.1) is 0 Å². The molecule has 11 nitrogen and oxygen atoms in total. The summed E-state index contributed by atoms with van der Waals surface area (Å²) >= 11 is 0. The smallest absolute Gasteiger partial charge is 0.326 e. The Labute approximate surface area is 144 Å². The van der Waals surface area contributed by atoms with Crippen molar-refractivity contribution in [2.75, 3.05) is 13.2 Å². The Kier molecular flexibility index (Phi) is 11.1. The highest BCUT2D eigenvalue weighted by molar-refractivity contribution is 5.92. The lowest BCUT2D eigenvalue weighted by Crippen LogP contribution is -2.55. The number of rotatable bonds is 13. The lowest BCUT2D eigenvalue weighted by molar-refractivity contribution is -0.143. The number of amides is 2. The van der Waals surface area contributed by atoms with E-state index >= 15 is 0 Å². The fraction of sp³-hybridized carbons (Fsp3) is 0.714. The van der Waals surface area contributed by atoms with Crippen LogP contribution in [-0.4, -0.2) is 70.3 Å². The van der Waals surface area contributed by atoms with Crippen LogP contribution in [0.15, 0.2) is 0 Å². The number of aliphatic hydroxyl groups excluding tert-OH is 1. The summed E-state index contributed by atoms with van der Waals surface area (Å²) in [5, 5.41) is 31.2. The van der Waals surface area contributed by atoms with E-state index in [9.17, 15) is 19.2 Å². The van der Waals surface area contributed by atoms with E-state index in [0.717, 1.165) is 0 Å². The zero-order valence-corrected chi connectivity index (χ0v) is 13.8. The number of hydrogen-bond acceptors (Lipinski definition) is 7. The van der Waals surface area contributed by atoms with Gasteiger partial charge in [-0.25, -0.2) is 4.79 Å². The van der Waals surface area contributed by atoms with Gasteiger partial charge in [-0.05, 0) is 32.2 Å². The summed E-state index contributed by atoms with van der Waals surface area (Å²) in [7, 11) is 0.